The number of para-hydroxylation sites is 1. The first-order valence-electron chi connectivity index (χ1n) is 6.64. The summed E-state index contributed by atoms with van der Waals surface area (Å²) < 4.78 is 4.61. The molecule has 114 valence electrons. The van der Waals surface area contributed by atoms with E-state index in [1.807, 2.05) is 20.8 Å². The van der Waals surface area contributed by atoms with Crippen molar-refractivity contribution in [3.05, 3.63) is 29.8 Å². The van der Waals surface area contributed by atoms with Crippen LogP contribution in [0.4, 0.5) is 5.69 Å². The molecule has 6 nitrogen and oxygen atoms in total. The molecule has 2 amide bonds. The van der Waals surface area contributed by atoms with Crippen molar-refractivity contribution in [2.24, 2.45) is 0 Å². The first kappa shape index (κ1) is 16.7. The van der Waals surface area contributed by atoms with Crippen molar-refractivity contribution < 1.29 is 19.1 Å². The Morgan fingerprint density at radius 1 is 1.14 bits per heavy atom. The lowest BCUT2D eigenvalue weighted by molar-refractivity contribution is -0.152. The third kappa shape index (κ3) is 5.25. The monoisotopic (exact) mass is 292 g/mol. The van der Waals surface area contributed by atoms with Gasteiger partial charge in [-0.1, -0.05) is 12.1 Å². The standard InChI is InChI=1S/C15H20N2O4/c1-5-21-14(20)13(19)16-11-9-7-6-8-10(11)12(18)17-15(2,3)4/h6-9H,5H2,1-4H3,(H,16,19)(H,17,18). The molecule has 0 aromatic heterocycles. The molecule has 0 aliphatic carbocycles. The maximum Gasteiger partial charge on any atom is 0.397 e. The Labute approximate surface area is 123 Å². The SMILES string of the molecule is CCOC(=O)C(=O)Nc1ccccc1C(=O)NC(C)(C)C. The van der Waals surface area contributed by atoms with Gasteiger partial charge < -0.3 is 15.4 Å². The number of benzene rings is 1. The molecule has 0 radical (unpaired) electrons. The minimum absolute atomic E-state index is 0.110. The van der Waals surface area contributed by atoms with Crippen LogP contribution in [0.15, 0.2) is 24.3 Å². The van der Waals surface area contributed by atoms with Gasteiger partial charge in [-0.05, 0) is 39.8 Å². The van der Waals surface area contributed by atoms with Gasteiger partial charge >= 0.3 is 11.9 Å². The van der Waals surface area contributed by atoms with Gasteiger partial charge in [0.15, 0.2) is 0 Å². The van der Waals surface area contributed by atoms with Crippen LogP contribution in [0.2, 0.25) is 0 Å². The maximum absolute atomic E-state index is 12.2. The van der Waals surface area contributed by atoms with E-state index in [9.17, 15) is 14.4 Å². The van der Waals surface area contributed by atoms with Crippen molar-refractivity contribution in [3.63, 3.8) is 0 Å². The number of anilines is 1. The van der Waals surface area contributed by atoms with Gasteiger partial charge in [-0.2, -0.15) is 0 Å². The van der Waals surface area contributed by atoms with Gasteiger partial charge in [0.2, 0.25) is 0 Å². The second-order valence-electron chi connectivity index (χ2n) is 5.42. The molecule has 0 unspecified atom stereocenters. The van der Waals surface area contributed by atoms with Crippen molar-refractivity contribution in [2.45, 2.75) is 33.2 Å². The van der Waals surface area contributed by atoms with Crippen molar-refractivity contribution in [1.29, 1.82) is 0 Å². The lowest BCUT2D eigenvalue weighted by Gasteiger charge is -2.21. The summed E-state index contributed by atoms with van der Waals surface area (Å²) in [5, 5.41) is 5.18. The second kappa shape index (κ2) is 6.88. The van der Waals surface area contributed by atoms with Gasteiger partial charge in [0, 0.05) is 5.54 Å². The zero-order valence-electron chi connectivity index (χ0n) is 12.6. The molecule has 6 heteroatoms. The quantitative estimate of drug-likeness (QED) is 0.656. The van der Waals surface area contributed by atoms with E-state index in [4.69, 9.17) is 0 Å². The topological polar surface area (TPSA) is 84.5 Å². The fourth-order valence-corrected chi connectivity index (χ4v) is 1.57. The molecule has 21 heavy (non-hydrogen) atoms. The molecule has 0 saturated carbocycles. The smallest absolute Gasteiger partial charge is 0.397 e. The number of hydrogen-bond acceptors (Lipinski definition) is 4. The highest BCUT2D eigenvalue weighted by molar-refractivity contribution is 6.37. The molecular weight excluding hydrogens is 272 g/mol. The number of carbonyl (C=O) groups excluding carboxylic acids is 3. The predicted molar refractivity (Wildman–Crippen MR) is 78.9 cm³/mol. The fourth-order valence-electron chi connectivity index (χ4n) is 1.57. The number of ether oxygens (including phenoxy) is 1. The normalized spacial score (nSPS) is 10.7. The van der Waals surface area contributed by atoms with Gasteiger partial charge in [0.05, 0.1) is 17.9 Å². The van der Waals surface area contributed by atoms with Gasteiger partial charge in [0.25, 0.3) is 5.91 Å². The first-order valence-corrected chi connectivity index (χ1v) is 6.64. The molecular formula is C15H20N2O4. The van der Waals surface area contributed by atoms with Crippen LogP contribution in [-0.2, 0) is 14.3 Å². The van der Waals surface area contributed by atoms with Crippen molar-refractivity contribution in [2.75, 3.05) is 11.9 Å². The molecule has 1 rings (SSSR count). The summed E-state index contributed by atoms with van der Waals surface area (Å²) in [6, 6.07) is 6.46. The van der Waals surface area contributed by atoms with E-state index in [-0.39, 0.29) is 23.8 Å². The third-order valence-electron chi connectivity index (χ3n) is 2.37. The molecule has 1 aromatic carbocycles. The lowest BCUT2D eigenvalue weighted by atomic mass is 10.1. The van der Waals surface area contributed by atoms with Gasteiger partial charge in [0.1, 0.15) is 0 Å². The number of carbonyl (C=O) groups is 3. The fraction of sp³-hybridized carbons (Fsp3) is 0.400. The summed E-state index contributed by atoms with van der Waals surface area (Å²) >= 11 is 0. The Kier molecular flexibility index (Phi) is 5.46. The van der Waals surface area contributed by atoms with Crippen LogP contribution >= 0.6 is 0 Å². The van der Waals surface area contributed by atoms with Crippen LogP contribution in [0.1, 0.15) is 38.1 Å². The van der Waals surface area contributed by atoms with E-state index in [2.05, 4.69) is 15.4 Å². The van der Waals surface area contributed by atoms with Gasteiger partial charge in [-0.25, -0.2) is 4.79 Å². The molecule has 0 aliphatic heterocycles. The summed E-state index contributed by atoms with van der Waals surface area (Å²) in [6.07, 6.45) is 0. The second-order valence-corrected chi connectivity index (χ2v) is 5.42. The minimum Gasteiger partial charge on any atom is -0.459 e. The molecule has 0 fully saturated rings. The zero-order valence-corrected chi connectivity index (χ0v) is 12.6. The average Bonchev–Trinajstić information content (AvgIpc) is 2.37. The van der Waals surface area contributed by atoms with E-state index >= 15 is 0 Å². The highest BCUT2D eigenvalue weighted by Crippen LogP contribution is 2.16. The minimum atomic E-state index is -0.983. The summed E-state index contributed by atoms with van der Waals surface area (Å²) in [5.74, 6) is -2.22. The van der Waals surface area contributed by atoms with Crippen LogP contribution in [0.5, 0.6) is 0 Å². The maximum atomic E-state index is 12.2. The number of hydrogen-bond donors (Lipinski definition) is 2. The van der Waals surface area contributed by atoms with Crippen molar-refractivity contribution >= 4 is 23.5 Å². The summed E-state index contributed by atoms with van der Waals surface area (Å²) in [7, 11) is 0. The molecule has 2 N–H and O–H groups in total. The Bertz CT molecular complexity index is 547. The molecule has 0 aliphatic rings. The Balaban J connectivity index is 2.92. The lowest BCUT2D eigenvalue weighted by Crippen LogP contribution is -2.41. The van der Waals surface area contributed by atoms with Crippen LogP contribution in [-0.4, -0.2) is 29.9 Å². The molecule has 0 heterocycles. The number of amides is 2. The summed E-state index contributed by atoms with van der Waals surface area (Å²) in [4.78, 5) is 35.1. The summed E-state index contributed by atoms with van der Waals surface area (Å²) in [5.41, 5.74) is 0.136. The van der Waals surface area contributed by atoms with Crippen LogP contribution in [0, 0.1) is 0 Å². The number of esters is 1. The Hall–Kier alpha value is -2.37. The van der Waals surface area contributed by atoms with Crippen molar-refractivity contribution in [3.8, 4) is 0 Å². The largest absolute Gasteiger partial charge is 0.459 e. The predicted octanol–water partition coefficient (Wildman–Crippen LogP) is 1.72. The zero-order chi connectivity index (χ0) is 16.0. The summed E-state index contributed by atoms with van der Waals surface area (Å²) in [6.45, 7) is 7.27. The van der Waals surface area contributed by atoms with Crippen LogP contribution in [0.25, 0.3) is 0 Å². The Morgan fingerprint density at radius 3 is 2.33 bits per heavy atom. The average molecular weight is 292 g/mol. The van der Waals surface area contributed by atoms with Crippen LogP contribution in [0.3, 0.4) is 0 Å². The number of nitrogens with one attached hydrogen (secondary N) is 2. The van der Waals surface area contributed by atoms with E-state index in [0.717, 1.165) is 0 Å². The highest BCUT2D eigenvalue weighted by atomic mass is 16.5. The third-order valence-corrected chi connectivity index (χ3v) is 2.37. The molecule has 0 bridgehead atoms. The first-order chi connectivity index (χ1) is 9.74. The van der Waals surface area contributed by atoms with Gasteiger partial charge in [-0.3, -0.25) is 9.59 Å². The molecule has 0 spiro atoms. The van der Waals surface area contributed by atoms with E-state index < -0.39 is 17.4 Å². The molecule has 0 atom stereocenters. The Morgan fingerprint density at radius 2 is 1.76 bits per heavy atom. The molecule has 0 saturated heterocycles. The van der Waals surface area contributed by atoms with Gasteiger partial charge in [-0.15, -0.1) is 0 Å². The molecule has 1 aromatic rings. The van der Waals surface area contributed by atoms with E-state index in [1.165, 1.54) is 0 Å². The van der Waals surface area contributed by atoms with E-state index in [1.54, 1.807) is 31.2 Å². The van der Waals surface area contributed by atoms with Crippen LogP contribution < -0.4 is 10.6 Å². The van der Waals surface area contributed by atoms with Crippen molar-refractivity contribution in [1.82, 2.24) is 5.32 Å². The van der Waals surface area contributed by atoms with E-state index in [0.29, 0.717) is 0 Å². The number of rotatable bonds is 3. The highest BCUT2D eigenvalue weighted by Gasteiger charge is 2.21.